The highest BCUT2D eigenvalue weighted by molar-refractivity contribution is 5.78. The van der Waals surface area contributed by atoms with Crippen molar-refractivity contribution in [2.75, 3.05) is 44.0 Å². The molecule has 0 aliphatic heterocycles. The summed E-state index contributed by atoms with van der Waals surface area (Å²) in [6.45, 7) is 7.36. The molecule has 1 rings (SSSR count). The number of ether oxygens (including phenoxy) is 1. The molecule has 0 spiro atoms. The summed E-state index contributed by atoms with van der Waals surface area (Å²) in [4.78, 5) is 26.1. The molecule has 0 radical (unpaired) electrons. The second-order valence-corrected chi connectivity index (χ2v) is 4.60. The van der Waals surface area contributed by atoms with Crippen molar-refractivity contribution in [2.24, 2.45) is 5.92 Å². The molecule has 1 heterocycles. The van der Waals surface area contributed by atoms with E-state index >= 15 is 0 Å². The lowest BCUT2D eigenvalue weighted by Gasteiger charge is -2.21. The topological polar surface area (TPSA) is 92.3 Å². The Bertz CT molecular complexity index is 444. The lowest BCUT2D eigenvalue weighted by Crippen LogP contribution is -2.35. The van der Waals surface area contributed by atoms with Crippen LogP contribution < -0.4 is 20.3 Å². The van der Waals surface area contributed by atoms with Crippen LogP contribution in [0.25, 0.3) is 0 Å². The van der Waals surface area contributed by atoms with Gasteiger partial charge in [0.15, 0.2) is 0 Å². The maximum atomic E-state index is 11.6. The van der Waals surface area contributed by atoms with Crippen LogP contribution in [0.4, 0.5) is 11.9 Å². The van der Waals surface area contributed by atoms with Gasteiger partial charge in [0.05, 0.1) is 12.5 Å². The summed E-state index contributed by atoms with van der Waals surface area (Å²) in [5.74, 6) is 0.744. The van der Waals surface area contributed by atoms with Gasteiger partial charge in [-0.1, -0.05) is 6.92 Å². The fourth-order valence-corrected chi connectivity index (χ4v) is 1.77. The number of nitrogens with one attached hydrogen (secondary N) is 2. The van der Waals surface area contributed by atoms with Gasteiger partial charge in [0.2, 0.25) is 17.8 Å². The van der Waals surface area contributed by atoms with E-state index in [9.17, 15) is 4.79 Å². The van der Waals surface area contributed by atoms with Gasteiger partial charge in [-0.3, -0.25) is 4.79 Å². The van der Waals surface area contributed by atoms with Gasteiger partial charge in [-0.05, 0) is 13.8 Å². The van der Waals surface area contributed by atoms with Crippen molar-refractivity contribution in [1.82, 2.24) is 20.3 Å². The molecule has 8 nitrogen and oxygen atoms in total. The monoisotopic (exact) mass is 296 g/mol. The lowest BCUT2D eigenvalue weighted by atomic mass is 10.1. The van der Waals surface area contributed by atoms with Gasteiger partial charge in [-0.15, -0.1) is 0 Å². The third-order valence-electron chi connectivity index (χ3n) is 2.79. The van der Waals surface area contributed by atoms with Crippen molar-refractivity contribution >= 4 is 17.8 Å². The number of hydrogen-bond donors (Lipinski definition) is 2. The van der Waals surface area contributed by atoms with Crippen LogP contribution in [0.15, 0.2) is 0 Å². The van der Waals surface area contributed by atoms with Crippen molar-refractivity contribution in [2.45, 2.75) is 20.8 Å². The van der Waals surface area contributed by atoms with E-state index in [-0.39, 0.29) is 17.8 Å². The van der Waals surface area contributed by atoms with Crippen LogP contribution in [0, 0.1) is 5.92 Å². The molecule has 1 atom stereocenters. The highest BCUT2D eigenvalue weighted by atomic mass is 16.5. The largest absolute Gasteiger partial charge is 0.464 e. The van der Waals surface area contributed by atoms with E-state index in [0.717, 1.165) is 0 Å². The average molecular weight is 296 g/mol. The Morgan fingerprint density at radius 2 is 2.05 bits per heavy atom. The summed E-state index contributed by atoms with van der Waals surface area (Å²) in [6.07, 6.45) is 0. The van der Waals surface area contributed by atoms with Crippen LogP contribution >= 0.6 is 0 Å². The smallest absolute Gasteiger partial charge is 0.323 e. The van der Waals surface area contributed by atoms with Crippen molar-refractivity contribution in [1.29, 1.82) is 0 Å². The Morgan fingerprint density at radius 3 is 2.62 bits per heavy atom. The lowest BCUT2D eigenvalue weighted by molar-refractivity contribution is -0.123. The number of nitrogens with zero attached hydrogens (tertiary/aromatic N) is 4. The number of rotatable bonds is 8. The molecule has 118 valence electrons. The van der Waals surface area contributed by atoms with Crippen LogP contribution in [0.5, 0.6) is 6.01 Å². The quantitative estimate of drug-likeness (QED) is 0.722. The minimum atomic E-state index is -0.171. The third-order valence-corrected chi connectivity index (χ3v) is 2.79. The summed E-state index contributed by atoms with van der Waals surface area (Å²) in [6, 6.07) is 0.276. The van der Waals surface area contributed by atoms with Crippen molar-refractivity contribution in [3.05, 3.63) is 0 Å². The van der Waals surface area contributed by atoms with Gasteiger partial charge >= 0.3 is 6.01 Å². The second kappa shape index (κ2) is 8.23. The molecule has 0 bridgehead atoms. The molecule has 0 saturated carbocycles. The van der Waals surface area contributed by atoms with E-state index in [1.807, 2.05) is 32.7 Å². The molecule has 1 aromatic heterocycles. The third kappa shape index (κ3) is 5.05. The standard InChI is InChI=1S/C13H24N6O2/c1-6-15-11-16-12(18-13(17-11)21-7-2)19(5)8-9(3)10(20)14-4/h9H,6-8H2,1-5H3,(H,14,20)(H,15,16,17,18). The van der Waals surface area contributed by atoms with E-state index < -0.39 is 0 Å². The van der Waals surface area contributed by atoms with Crippen LogP contribution in [-0.4, -0.2) is 54.7 Å². The zero-order valence-corrected chi connectivity index (χ0v) is 13.3. The molecule has 1 aromatic rings. The fourth-order valence-electron chi connectivity index (χ4n) is 1.77. The summed E-state index contributed by atoms with van der Waals surface area (Å²) < 4.78 is 5.35. The summed E-state index contributed by atoms with van der Waals surface area (Å²) in [7, 11) is 3.46. The molecule has 1 unspecified atom stereocenters. The Kier molecular flexibility index (Phi) is 6.64. The molecule has 0 aliphatic carbocycles. The summed E-state index contributed by atoms with van der Waals surface area (Å²) in [5.41, 5.74) is 0. The van der Waals surface area contributed by atoms with Gasteiger partial charge in [-0.25, -0.2) is 0 Å². The molecule has 0 fully saturated rings. The predicted molar refractivity (Wildman–Crippen MR) is 81.7 cm³/mol. The van der Waals surface area contributed by atoms with Crippen LogP contribution in [0.1, 0.15) is 20.8 Å². The highest BCUT2D eigenvalue weighted by Gasteiger charge is 2.17. The van der Waals surface area contributed by atoms with Crippen LogP contribution in [0.3, 0.4) is 0 Å². The fraction of sp³-hybridized carbons (Fsp3) is 0.692. The Hall–Kier alpha value is -2.12. The first-order valence-corrected chi connectivity index (χ1v) is 7.07. The van der Waals surface area contributed by atoms with Crippen LogP contribution in [-0.2, 0) is 4.79 Å². The maximum absolute atomic E-state index is 11.6. The Labute approximate surface area is 125 Å². The van der Waals surface area contributed by atoms with E-state index in [1.165, 1.54) is 0 Å². The van der Waals surface area contributed by atoms with Crippen molar-refractivity contribution < 1.29 is 9.53 Å². The molecular formula is C13H24N6O2. The van der Waals surface area contributed by atoms with Crippen molar-refractivity contribution in [3.8, 4) is 6.01 Å². The molecule has 8 heteroatoms. The van der Waals surface area contributed by atoms with E-state index in [1.54, 1.807) is 7.05 Å². The van der Waals surface area contributed by atoms with Gasteiger partial charge in [-0.2, -0.15) is 15.0 Å². The molecule has 21 heavy (non-hydrogen) atoms. The number of carbonyl (C=O) groups is 1. The highest BCUT2D eigenvalue weighted by Crippen LogP contribution is 2.15. The first-order valence-electron chi connectivity index (χ1n) is 7.07. The number of carbonyl (C=O) groups excluding carboxylic acids is 1. The first kappa shape index (κ1) is 16.9. The van der Waals surface area contributed by atoms with Gasteiger partial charge in [0.25, 0.3) is 0 Å². The van der Waals surface area contributed by atoms with E-state index in [4.69, 9.17) is 4.74 Å². The number of anilines is 2. The zero-order valence-electron chi connectivity index (χ0n) is 13.3. The zero-order chi connectivity index (χ0) is 15.8. The predicted octanol–water partition coefficient (Wildman–Crippen LogP) is 0.520. The average Bonchev–Trinajstić information content (AvgIpc) is 2.46. The molecule has 2 N–H and O–H groups in total. The van der Waals surface area contributed by atoms with Crippen molar-refractivity contribution in [3.63, 3.8) is 0 Å². The van der Waals surface area contributed by atoms with E-state index in [0.29, 0.717) is 31.6 Å². The SMILES string of the molecule is CCNc1nc(OCC)nc(N(C)CC(C)C(=O)NC)n1. The van der Waals surface area contributed by atoms with Crippen LogP contribution in [0.2, 0.25) is 0 Å². The first-order chi connectivity index (χ1) is 10.0. The maximum Gasteiger partial charge on any atom is 0.323 e. The second-order valence-electron chi connectivity index (χ2n) is 4.60. The molecular weight excluding hydrogens is 272 g/mol. The number of hydrogen-bond acceptors (Lipinski definition) is 7. The normalized spacial score (nSPS) is 11.7. The molecule has 0 saturated heterocycles. The Balaban J connectivity index is 2.90. The minimum Gasteiger partial charge on any atom is -0.464 e. The Morgan fingerprint density at radius 1 is 1.33 bits per heavy atom. The van der Waals surface area contributed by atoms with Gasteiger partial charge in [0.1, 0.15) is 0 Å². The number of amides is 1. The molecule has 0 aromatic carbocycles. The molecule has 0 aliphatic rings. The minimum absolute atomic E-state index is 0.0205. The van der Waals surface area contributed by atoms with E-state index in [2.05, 4.69) is 25.6 Å². The summed E-state index contributed by atoms with van der Waals surface area (Å²) >= 11 is 0. The van der Waals surface area contributed by atoms with Gasteiger partial charge in [0, 0.05) is 27.2 Å². The number of aromatic nitrogens is 3. The molecule has 1 amide bonds. The van der Waals surface area contributed by atoms with Gasteiger partial charge < -0.3 is 20.3 Å². The summed E-state index contributed by atoms with van der Waals surface area (Å²) in [5, 5.41) is 5.67.